The van der Waals surface area contributed by atoms with Crippen LogP contribution in [0.15, 0.2) is 48.5 Å². The molecule has 0 amide bonds. The van der Waals surface area contributed by atoms with Crippen LogP contribution in [0.2, 0.25) is 0 Å². The summed E-state index contributed by atoms with van der Waals surface area (Å²) in [6.45, 7) is 2.81. The highest BCUT2D eigenvalue weighted by Crippen LogP contribution is 2.19. The molecule has 3 nitrogen and oxygen atoms in total. The Balaban J connectivity index is 2.05. The highest BCUT2D eigenvalue weighted by molar-refractivity contribution is 5.35. The molecule has 0 fully saturated rings. The lowest BCUT2D eigenvalue weighted by molar-refractivity contribution is 0.406. The summed E-state index contributed by atoms with van der Waals surface area (Å²) in [5, 5.41) is 12.4. The van der Waals surface area contributed by atoms with Crippen molar-refractivity contribution in [2.75, 3.05) is 7.11 Å². The van der Waals surface area contributed by atoms with Crippen molar-refractivity contribution >= 4 is 0 Å². The quantitative estimate of drug-likeness (QED) is 0.902. The van der Waals surface area contributed by atoms with Gasteiger partial charge in [-0.3, -0.25) is 0 Å². The van der Waals surface area contributed by atoms with Crippen LogP contribution in [0.5, 0.6) is 5.75 Å². The molecule has 2 aromatic carbocycles. The van der Waals surface area contributed by atoms with E-state index in [-0.39, 0.29) is 6.04 Å². The Kier molecular flexibility index (Phi) is 4.75. The SMILES string of the molecule is COc1ccccc1CNC(C)c1cccc(C#N)c1. The molecule has 0 aliphatic rings. The minimum atomic E-state index is 0.174. The maximum Gasteiger partial charge on any atom is 0.123 e. The van der Waals surface area contributed by atoms with Crippen molar-refractivity contribution in [3.63, 3.8) is 0 Å². The van der Waals surface area contributed by atoms with Gasteiger partial charge in [-0.2, -0.15) is 5.26 Å². The van der Waals surface area contributed by atoms with Crippen molar-refractivity contribution in [2.24, 2.45) is 0 Å². The molecule has 0 aliphatic heterocycles. The van der Waals surface area contributed by atoms with Crippen LogP contribution in [0.3, 0.4) is 0 Å². The minimum absolute atomic E-state index is 0.174. The topological polar surface area (TPSA) is 45.0 Å². The van der Waals surface area contributed by atoms with E-state index in [2.05, 4.69) is 18.3 Å². The summed E-state index contributed by atoms with van der Waals surface area (Å²) in [7, 11) is 1.68. The number of nitriles is 1. The number of rotatable bonds is 5. The second-order valence-corrected chi connectivity index (χ2v) is 4.65. The maximum atomic E-state index is 8.93. The fraction of sp³-hybridized carbons (Fsp3) is 0.235. The van der Waals surface area contributed by atoms with E-state index in [1.807, 2.05) is 48.5 Å². The van der Waals surface area contributed by atoms with Crippen LogP contribution in [0.4, 0.5) is 0 Å². The monoisotopic (exact) mass is 266 g/mol. The lowest BCUT2D eigenvalue weighted by Crippen LogP contribution is -2.18. The molecule has 1 N–H and O–H groups in total. The highest BCUT2D eigenvalue weighted by Gasteiger charge is 2.07. The lowest BCUT2D eigenvalue weighted by Gasteiger charge is -2.16. The number of nitrogens with one attached hydrogen (secondary N) is 1. The predicted octanol–water partition coefficient (Wildman–Crippen LogP) is 3.42. The zero-order chi connectivity index (χ0) is 14.4. The third kappa shape index (κ3) is 3.37. The van der Waals surface area contributed by atoms with Gasteiger partial charge >= 0.3 is 0 Å². The largest absolute Gasteiger partial charge is 0.496 e. The Hall–Kier alpha value is -2.31. The van der Waals surface area contributed by atoms with Gasteiger partial charge in [0.2, 0.25) is 0 Å². The highest BCUT2D eigenvalue weighted by atomic mass is 16.5. The van der Waals surface area contributed by atoms with Crippen LogP contribution in [0.25, 0.3) is 0 Å². The maximum absolute atomic E-state index is 8.93. The average molecular weight is 266 g/mol. The molecular weight excluding hydrogens is 248 g/mol. The van der Waals surface area contributed by atoms with Crippen molar-refractivity contribution in [1.82, 2.24) is 5.32 Å². The van der Waals surface area contributed by atoms with E-state index in [0.29, 0.717) is 5.56 Å². The lowest BCUT2D eigenvalue weighted by atomic mass is 10.1. The zero-order valence-corrected chi connectivity index (χ0v) is 11.8. The molecule has 0 heterocycles. The van der Waals surface area contributed by atoms with Gasteiger partial charge in [0.25, 0.3) is 0 Å². The number of nitrogens with zero attached hydrogens (tertiary/aromatic N) is 1. The summed E-state index contributed by atoms with van der Waals surface area (Å²) in [6, 6.07) is 18.0. The standard InChI is InChI=1S/C17H18N2O/c1-13(15-8-5-6-14(10-15)11-18)19-12-16-7-3-4-9-17(16)20-2/h3-10,13,19H,12H2,1-2H3. The number of hydrogen-bond donors (Lipinski definition) is 1. The van der Waals surface area contributed by atoms with Crippen molar-refractivity contribution in [2.45, 2.75) is 19.5 Å². The van der Waals surface area contributed by atoms with Crippen LogP contribution in [-0.4, -0.2) is 7.11 Å². The van der Waals surface area contributed by atoms with Crippen molar-refractivity contribution in [3.05, 3.63) is 65.2 Å². The molecule has 1 unspecified atom stereocenters. The zero-order valence-electron chi connectivity index (χ0n) is 11.8. The molecule has 0 aliphatic carbocycles. The van der Waals surface area contributed by atoms with Gasteiger partial charge in [0.15, 0.2) is 0 Å². The molecule has 20 heavy (non-hydrogen) atoms. The second kappa shape index (κ2) is 6.74. The number of benzene rings is 2. The van der Waals surface area contributed by atoms with Gasteiger partial charge in [-0.25, -0.2) is 0 Å². The van der Waals surface area contributed by atoms with Crippen LogP contribution < -0.4 is 10.1 Å². The molecule has 2 aromatic rings. The van der Waals surface area contributed by atoms with Gasteiger partial charge in [-0.15, -0.1) is 0 Å². The first-order chi connectivity index (χ1) is 9.74. The Morgan fingerprint density at radius 2 is 2.00 bits per heavy atom. The van der Waals surface area contributed by atoms with Crippen molar-refractivity contribution in [1.29, 1.82) is 5.26 Å². The van der Waals surface area contributed by atoms with E-state index in [0.717, 1.165) is 23.4 Å². The second-order valence-electron chi connectivity index (χ2n) is 4.65. The predicted molar refractivity (Wildman–Crippen MR) is 79.4 cm³/mol. The van der Waals surface area contributed by atoms with Crippen LogP contribution in [-0.2, 0) is 6.54 Å². The summed E-state index contributed by atoms with van der Waals surface area (Å²) >= 11 is 0. The number of para-hydroxylation sites is 1. The number of hydrogen-bond acceptors (Lipinski definition) is 3. The summed E-state index contributed by atoms with van der Waals surface area (Å²) in [4.78, 5) is 0. The molecule has 0 saturated heterocycles. The van der Waals surface area contributed by atoms with E-state index in [1.54, 1.807) is 7.11 Å². The van der Waals surface area contributed by atoms with Crippen LogP contribution in [0, 0.1) is 11.3 Å². The van der Waals surface area contributed by atoms with E-state index < -0.39 is 0 Å². The van der Waals surface area contributed by atoms with Gasteiger partial charge < -0.3 is 10.1 Å². The summed E-state index contributed by atoms with van der Waals surface area (Å²) in [5.74, 6) is 0.887. The number of methoxy groups -OCH3 is 1. The van der Waals surface area contributed by atoms with Crippen LogP contribution >= 0.6 is 0 Å². The Bertz CT molecular complexity index is 616. The molecular formula is C17H18N2O. The third-order valence-electron chi connectivity index (χ3n) is 3.31. The fourth-order valence-electron chi connectivity index (χ4n) is 2.11. The summed E-state index contributed by atoms with van der Waals surface area (Å²) in [6.07, 6.45) is 0. The average Bonchev–Trinajstić information content (AvgIpc) is 2.52. The first kappa shape index (κ1) is 14.1. The molecule has 0 spiro atoms. The molecule has 0 radical (unpaired) electrons. The minimum Gasteiger partial charge on any atom is -0.496 e. The Morgan fingerprint density at radius 3 is 2.75 bits per heavy atom. The smallest absolute Gasteiger partial charge is 0.123 e. The van der Waals surface area contributed by atoms with Gasteiger partial charge in [0, 0.05) is 18.2 Å². The molecule has 0 saturated carbocycles. The summed E-state index contributed by atoms with van der Waals surface area (Å²) in [5.41, 5.74) is 2.92. The van der Waals surface area contributed by atoms with E-state index in [1.165, 1.54) is 0 Å². The van der Waals surface area contributed by atoms with Gasteiger partial charge in [0.05, 0.1) is 18.7 Å². The summed E-state index contributed by atoms with van der Waals surface area (Å²) < 4.78 is 5.34. The number of ether oxygens (including phenoxy) is 1. The molecule has 3 heteroatoms. The molecule has 2 rings (SSSR count). The molecule has 0 aromatic heterocycles. The van der Waals surface area contributed by atoms with E-state index in [4.69, 9.17) is 10.00 Å². The fourth-order valence-corrected chi connectivity index (χ4v) is 2.11. The molecule has 0 bridgehead atoms. The van der Waals surface area contributed by atoms with E-state index in [9.17, 15) is 0 Å². The Morgan fingerprint density at radius 1 is 1.20 bits per heavy atom. The molecule has 102 valence electrons. The van der Waals surface area contributed by atoms with E-state index >= 15 is 0 Å². The Labute approximate surface area is 119 Å². The van der Waals surface area contributed by atoms with Gasteiger partial charge in [0.1, 0.15) is 5.75 Å². The van der Waals surface area contributed by atoms with Crippen LogP contribution in [0.1, 0.15) is 29.7 Å². The first-order valence-corrected chi connectivity index (χ1v) is 6.60. The molecule has 1 atom stereocenters. The first-order valence-electron chi connectivity index (χ1n) is 6.60. The van der Waals surface area contributed by atoms with Crippen molar-refractivity contribution < 1.29 is 4.74 Å². The van der Waals surface area contributed by atoms with Crippen molar-refractivity contribution in [3.8, 4) is 11.8 Å². The van der Waals surface area contributed by atoms with Gasteiger partial charge in [-0.05, 0) is 30.7 Å². The van der Waals surface area contributed by atoms with Gasteiger partial charge in [-0.1, -0.05) is 30.3 Å². The normalized spacial score (nSPS) is 11.7. The third-order valence-corrected chi connectivity index (χ3v) is 3.31.